The van der Waals surface area contributed by atoms with E-state index in [9.17, 15) is 0 Å². The van der Waals surface area contributed by atoms with Crippen molar-refractivity contribution in [3.63, 3.8) is 0 Å². The summed E-state index contributed by atoms with van der Waals surface area (Å²) in [5.41, 5.74) is 3.06. The quantitative estimate of drug-likeness (QED) is 0.697. The van der Waals surface area contributed by atoms with Crippen LogP contribution < -0.4 is 4.74 Å². The van der Waals surface area contributed by atoms with E-state index in [1.165, 1.54) is 5.56 Å². The molecule has 1 aliphatic heterocycles. The standard InChI is InChI=1S/C20H19NO3/c1-2-4-16(5-3-1)20-21-18(14-24-20)13-23-19-8-6-15(7-9-19)17-10-11-22-12-17/h1-9,14,17H,10-13H2. The highest BCUT2D eigenvalue weighted by molar-refractivity contribution is 5.52. The van der Waals surface area contributed by atoms with Gasteiger partial charge < -0.3 is 13.9 Å². The molecule has 24 heavy (non-hydrogen) atoms. The first-order valence-corrected chi connectivity index (χ1v) is 8.19. The summed E-state index contributed by atoms with van der Waals surface area (Å²) in [6.07, 6.45) is 2.74. The predicted octanol–water partition coefficient (Wildman–Crippen LogP) is 4.42. The predicted molar refractivity (Wildman–Crippen MR) is 90.9 cm³/mol. The van der Waals surface area contributed by atoms with Crippen LogP contribution in [0.25, 0.3) is 11.5 Å². The van der Waals surface area contributed by atoms with Crippen molar-refractivity contribution in [2.24, 2.45) is 0 Å². The van der Waals surface area contributed by atoms with Gasteiger partial charge in [-0.05, 0) is 36.2 Å². The second kappa shape index (κ2) is 6.89. The van der Waals surface area contributed by atoms with Crippen LogP contribution in [0.4, 0.5) is 0 Å². The molecular formula is C20H19NO3. The first kappa shape index (κ1) is 15.0. The van der Waals surface area contributed by atoms with Crippen LogP contribution in [-0.4, -0.2) is 18.2 Å². The maximum atomic E-state index is 5.81. The molecule has 0 N–H and O–H groups in total. The monoisotopic (exact) mass is 321 g/mol. The van der Waals surface area contributed by atoms with Crippen LogP contribution in [0.5, 0.6) is 5.75 Å². The highest BCUT2D eigenvalue weighted by Crippen LogP contribution is 2.27. The Morgan fingerprint density at radius 3 is 2.62 bits per heavy atom. The van der Waals surface area contributed by atoms with Gasteiger partial charge >= 0.3 is 0 Å². The van der Waals surface area contributed by atoms with Crippen molar-refractivity contribution in [2.45, 2.75) is 18.9 Å². The van der Waals surface area contributed by atoms with Crippen LogP contribution in [0, 0.1) is 0 Å². The highest BCUT2D eigenvalue weighted by Gasteiger charge is 2.17. The van der Waals surface area contributed by atoms with Gasteiger partial charge in [0.2, 0.25) is 5.89 Å². The Balaban J connectivity index is 1.37. The maximum absolute atomic E-state index is 5.81. The minimum atomic E-state index is 0.391. The van der Waals surface area contributed by atoms with E-state index in [1.807, 2.05) is 42.5 Å². The van der Waals surface area contributed by atoms with Crippen LogP contribution in [0.1, 0.15) is 23.6 Å². The fourth-order valence-corrected chi connectivity index (χ4v) is 2.88. The molecule has 1 saturated heterocycles. The number of oxazole rings is 1. The lowest BCUT2D eigenvalue weighted by atomic mass is 9.99. The molecule has 1 atom stereocenters. The van der Waals surface area contributed by atoms with Crippen molar-refractivity contribution in [3.05, 3.63) is 72.1 Å². The number of hydrogen-bond acceptors (Lipinski definition) is 4. The summed E-state index contributed by atoms with van der Waals surface area (Å²) in [6.45, 7) is 2.07. The van der Waals surface area contributed by atoms with E-state index in [0.29, 0.717) is 18.4 Å². The number of aromatic nitrogens is 1. The largest absolute Gasteiger partial charge is 0.487 e. The van der Waals surface area contributed by atoms with Crippen molar-refractivity contribution in [1.82, 2.24) is 4.98 Å². The van der Waals surface area contributed by atoms with Gasteiger partial charge in [0.15, 0.2) is 0 Å². The summed E-state index contributed by atoms with van der Waals surface area (Å²) < 4.78 is 16.8. The summed E-state index contributed by atoms with van der Waals surface area (Å²) in [6, 6.07) is 18.1. The van der Waals surface area contributed by atoms with E-state index in [0.717, 1.165) is 36.6 Å². The first-order chi connectivity index (χ1) is 11.9. The SMILES string of the molecule is c1ccc(-c2nc(COc3ccc(C4CCOC4)cc3)co2)cc1. The third-order valence-electron chi connectivity index (χ3n) is 4.24. The zero-order valence-corrected chi connectivity index (χ0v) is 13.4. The molecule has 4 heteroatoms. The minimum Gasteiger partial charge on any atom is -0.487 e. The Labute approximate surface area is 141 Å². The van der Waals surface area contributed by atoms with E-state index in [1.54, 1.807) is 6.26 Å². The fraction of sp³-hybridized carbons (Fsp3) is 0.250. The van der Waals surface area contributed by atoms with E-state index >= 15 is 0 Å². The van der Waals surface area contributed by atoms with E-state index in [-0.39, 0.29) is 0 Å². The van der Waals surface area contributed by atoms with E-state index < -0.39 is 0 Å². The Morgan fingerprint density at radius 2 is 1.88 bits per heavy atom. The maximum Gasteiger partial charge on any atom is 0.226 e. The first-order valence-electron chi connectivity index (χ1n) is 8.19. The van der Waals surface area contributed by atoms with Crippen molar-refractivity contribution in [1.29, 1.82) is 0 Å². The third kappa shape index (κ3) is 3.34. The van der Waals surface area contributed by atoms with Gasteiger partial charge in [-0.3, -0.25) is 0 Å². The van der Waals surface area contributed by atoms with Gasteiger partial charge in [-0.2, -0.15) is 0 Å². The Morgan fingerprint density at radius 1 is 1.04 bits per heavy atom. The molecule has 0 spiro atoms. The molecule has 2 heterocycles. The molecule has 4 rings (SSSR count). The second-order valence-corrected chi connectivity index (χ2v) is 5.93. The van der Waals surface area contributed by atoms with Gasteiger partial charge in [0, 0.05) is 18.1 Å². The third-order valence-corrected chi connectivity index (χ3v) is 4.24. The molecule has 0 amide bonds. The van der Waals surface area contributed by atoms with Crippen LogP contribution >= 0.6 is 0 Å². The number of hydrogen-bond donors (Lipinski definition) is 0. The molecule has 0 saturated carbocycles. The van der Waals surface area contributed by atoms with Crippen LogP contribution in [0.15, 0.2) is 65.3 Å². The average molecular weight is 321 g/mol. The normalized spacial score (nSPS) is 17.1. The molecule has 1 aliphatic rings. The lowest BCUT2D eigenvalue weighted by Crippen LogP contribution is -1.99. The van der Waals surface area contributed by atoms with E-state index in [4.69, 9.17) is 13.9 Å². The van der Waals surface area contributed by atoms with Crippen LogP contribution in [0.3, 0.4) is 0 Å². The van der Waals surface area contributed by atoms with E-state index in [2.05, 4.69) is 17.1 Å². The molecule has 122 valence electrons. The number of rotatable bonds is 5. The minimum absolute atomic E-state index is 0.391. The smallest absolute Gasteiger partial charge is 0.226 e. The molecule has 1 unspecified atom stereocenters. The Bertz CT molecular complexity index is 774. The van der Waals surface area contributed by atoms with Gasteiger partial charge in [0.25, 0.3) is 0 Å². The molecule has 4 nitrogen and oxygen atoms in total. The zero-order valence-electron chi connectivity index (χ0n) is 13.4. The summed E-state index contributed by atoms with van der Waals surface area (Å²) in [5, 5.41) is 0. The topological polar surface area (TPSA) is 44.5 Å². The molecule has 0 aliphatic carbocycles. The summed E-state index contributed by atoms with van der Waals surface area (Å²) in [5.74, 6) is 1.97. The molecule has 3 aromatic rings. The van der Waals surface area contributed by atoms with Gasteiger partial charge in [-0.15, -0.1) is 0 Å². The van der Waals surface area contributed by atoms with Gasteiger partial charge in [0.05, 0.1) is 6.61 Å². The van der Waals surface area contributed by atoms with Gasteiger partial charge in [-0.1, -0.05) is 30.3 Å². The average Bonchev–Trinajstić information content (AvgIpc) is 3.33. The molecule has 1 aromatic heterocycles. The molecule has 1 fully saturated rings. The van der Waals surface area contributed by atoms with Gasteiger partial charge in [-0.25, -0.2) is 4.98 Å². The number of benzene rings is 2. The van der Waals surface area contributed by atoms with Crippen LogP contribution in [0.2, 0.25) is 0 Å². The summed E-state index contributed by atoms with van der Waals surface area (Å²) in [4.78, 5) is 4.47. The van der Waals surface area contributed by atoms with Crippen molar-refractivity contribution in [2.75, 3.05) is 13.2 Å². The van der Waals surface area contributed by atoms with Gasteiger partial charge in [0.1, 0.15) is 24.3 Å². The summed E-state index contributed by atoms with van der Waals surface area (Å²) >= 11 is 0. The Hall–Kier alpha value is -2.59. The fourth-order valence-electron chi connectivity index (χ4n) is 2.88. The van der Waals surface area contributed by atoms with Crippen LogP contribution in [-0.2, 0) is 11.3 Å². The van der Waals surface area contributed by atoms with Crippen molar-refractivity contribution < 1.29 is 13.9 Å². The van der Waals surface area contributed by atoms with Crippen molar-refractivity contribution >= 4 is 0 Å². The molecule has 0 bridgehead atoms. The number of ether oxygens (including phenoxy) is 2. The van der Waals surface area contributed by atoms with Crippen molar-refractivity contribution in [3.8, 4) is 17.2 Å². The molecular weight excluding hydrogens is 302 g/mol. The second-order valence-electron chi connectivity index (χ2n) is 5.93. The number of nitrogens with zero attached hydrogens (tertiary/aromatic N) is 1. The molecule has 2 aromatic carbocycles. The zero-order chi connectivity index (χ0) is 16.2. The lowest BCUT2D eigenvalue weighted by molar-refractivity contribution is 0.194. The summed E-state index contributed by atoms with van der Waals surface area (Å²) in [7, 11) is 0. The lowest BCUT2D eigenvalue weighted by Gasteiger charge is -2.09. The highest BCUT2D eigenvalue weighted by atomic mass is 16.5. The molecule has 0 radical (unpaired) electrons. The Kier molecular flexibility index (Phi) is 4.30.